The Kier molecular flexibility index (Phi) is 3.71. The van der Waals surface area contributed by atoms with Crippen LogP contribution >= 0.6 is 11.6 Å². The molecule has 7 heteroatoms. The van der Waals surface area contributed by atoms with Gasteiger partial charge in [0.1, 0.15) is 11.3 Å². The lowest BCUT2D eigenvalue weighted by Gasteiger charge is -2.06. The Bertz CT molecular complexity index is 618. The maximum atomic E-state index is 12.8. The zero-order valence-corrected chi connectivity index (χ0v) is 10.1. The summed E-state index contributed by atoms with van der Waals surface area (Å²) in [6.45, 7) is 0. The third-order valence-electron chi connectivity index (χ3n) is 2.36. The Morgan fingerprint density at radius 3 is 2.42 bits per heavy atom. The van der Waals surface area contributed by atoms with Crippen LogP contribution in [0.3, 0.4) is 0 Å². The van der Waals surface area contributed by atoms with Crippen LogP contribution in [0.5, 0.6) is 0 Å². The Labute approximate surface area is 111 Å². The molecule has 0 saturated heterocycles. The Morgan fingerprint density at radius 1 is 1.26 bits per heavy atom. The van der Waals surface area contributed by atoms with Crippen molar-refractivity contribution in [3.05, 3.63) is 46.7 Å². The second-order valence-electron chi connectivity index (χ2n) is 3.61. The van der Waals surface area contributed by atoms with Crippen molar-refractivity contribution >= 4 is 17.6 Å². The first kappa shape index (κ1) is 13.4. The fourth-order valence-corrected chi connectivity index (χ4v) is 1.59. The fraction of sp³-hybridized carbons (Fsp3) is 0.0833. The van der Waals surface area contributed by atoms with Crippen LogP contribution in [0.2, 0.25) is 5.02 Å². The summed E-state index contributed by atoms with van der Waals surface area (Å²) < 4.78 is 25.5. The van der Waals surface area contributed by atoms with Crippen molar-refractivity contribution in [1.82, 2.24) is 9.97 Å². The molecule has 0 aliphatic carbocycles. The SMILES string of the molecule is O=C(O)c1cnc(-c2ccc(Cl)cc2)nc1C(F)F. The molecule has 0 atom stereocenters. The number of carboxylic acid groups (broad SMARTS) is 1. The first-order chi connectivity index (χ1) is 8.99. The van der Waals surface area contributed by atoms with Gasteiger partial charge in [-0.15, -0.1) is 0 Å². The van der Waals surface area contributed by atoms with Crippen molar-refractivity contribution in [2.24, 2.45) is 0 Å². The van der Waals surface area contributed by atoms with Crippen molar-refractivity contribution < 1.29 is 18.7 Å². The van der Waals surface area contributed by atoms with Crippen LogP contribution in [0.1, 0.15) is 22.5 Å². The van der Waals surface area contributed by atoms with Gasteiger partial charge in [0.25, 0.3) is 6.43 Å². The van der Waals surface area contributed by atoms with Gasteiger partial charge in [-0.2, -0.15) is 0 Å². The molecule has 0 fully saturated rings. The maximum Gasteiger partial charge on any atom is 0.339 e. The van der Waals surface area contributed by atoms with E-state index in [0.29, 0.717) is 10.6 Å². The molecule has 0 aliphatic rings. The quantitative estimate of drug-likeness (QED) is 0.938. The van der Waals surface area contributed by atoms with Crippen LogP contribution in [0.15, 0.2) is 30.5 Å². The van der Waals surface area contributed by atoms with Crippen molar-refractivity contribution in [3.8, 4) is 11.4 Å². The van der Waals surface area contributed by atoms with Gasteiger partial charge in [-0.05, 0) is 24.3 Å². The third-order valence-corrected chi connectivity index (χ3v) is 2.61. The minimum atomic E-state index is -2.99. The number of carbonyl (C=O) groups is 1. The normalized spacial score (nSPS) is 10.7. The average molecular weight is 285 g/mol. The van der Waals surface area contributed by atoms with Gasteiger partial charge in [-0.3, -0.25) is 0 Å². The van der Waals surface area contributed by atoms with Gasteiger partial charge in [0, 0.05) is 16.8 Å². The number of rotatable bonds is 3. The molecule has 0 spiro atoms. The molecule has 0 unspecified atom stereocenters. The largest absolute Gasteiger partial charge is 0.478 e. The van der Waals surface area contributed by atoms with Crippen LogP contribution in [0.4, 0.5) is 8.78 Å². The molecule has 0 radical (unpaired) electrons. The fourth-order valence-electron chi connectivity index (χ4n) is 1.46. The molecular weight excluding hydrogens is 278 g/mol. The number of aromatic carboxylic acids is 1. The predicted octanol–water partition coefficient (Wildman–Crippen LogP) is 3.43. The minimum absolute atomic E-state index is 0.0250. The number of hydrogen-bond acceptors (Lipinski definition) is 3. The monoisotopic (exact) mass is 284 g/mol. The number of nitrogens with zero attached hydrogens (tertiary/aromatic N) is 2. The zero-order valence-electron chi connectivity index (χ0n) is 9.35. The van der Waals surface area contributed by atoms with Crippen LogP contribution in [-0.2, 0) is 0 Å². The van der Waals surface area contributed by atoms with Gasteiger partial charge in [0.15, 0.2) is 5.82 Å². The molecule has 98 valence electrons. The van der Waals surface area contributed by atoms with Gasteiger partial charge in [0.2, 0.25) is 0 Å². The second-order valence-corrected chi connectivity index (χ2v) is 4.04. The molecule has 1 heterocycles. The van der Waals surface area contributed by atoms with E-state index < -0.39 is 23.7 Å². The number of aromatic nitrogens is 2. The summed E-state index contributed by atoms with van der Waals surface area (Å²) in [6.07, 6.45) is -2.11. The summed E-state index contributed by atoms with van der Waals surface area (Å²) in [7, 11) is 0. The Balaban J connectivity index is 2.52. The van der Waals surface area contributed by atoms with Gasteiger partial charge in [0.05, 0.1) is 0 Å². The van der Waals surface area contributed by atoms with E-state index in [0.717, 1.165) is 6.20 Å². The summed E-state index contributed by atoms with van der Waals surface area (Å²) in [5, 5.41) is 9.27. The van der Waals surface area contributed by atoms with Gasteiger partial charge in [-0.25, -0.2) is 23.5 Å². The van der Waals surface area contributed by atoms with E-state index in [2.05, 4.69) is 9.97 Å². The lowest BCUT2D eigenvalue weighted by molar-refractivity contribution is 0.0681. The Morgan fingerprint density at radius 2 is 1.89 bits per heavy atom. The molecule has 0 aliphatic heterocycles. The van der Waals surface area contributed by atoms with E-state index >= 15 is 0 Å². The molecule has 0 amide bonds. The lowest BCUT2D eigenvalue weighted by atomic mass is 10.2. The summed E-state index contributed by atoms with van der Waals surface area (Å²) >= 11 is 5.71. The summed E-state index contributed by atoms with van der Waals surface area (Å²) in [4.78, 5) is 18.2. The van der Waals surface area contributed by atoms with E-state index in [1.165, 1.54) is 0 Å². The van der Waals surface area contributed by atoms with Gasteiger partial charge in [-0.1, -0.05) is 11.6 Å². The molecule has 2 aromatic rings. The molecule has 1 aromatic heterocycles. The summed E-state index contributed by atoms with van der Waals surface area (Å²) in [5.41, 5.74) is -0.927. The van der Waals surface area contributed by atoms with Crippen molar-refractivity contribution in [2.45, 2.75) is 6.43 Å². The summed E-state index contributed by atoms with van der Waals surface area (Å²) in [6, 6.07) is 6.25. The molecule has 2 rings (SSSR count). The van der Waals surface area contributed by atoms with E-state index in [4.69, 9.17) is 16.7 Å². The number of alkyl halides is 2. The van der Waals surface area contributed by atoms with Crippen molar-refractivity contribution in [3.63, 3.8) is 0 Å². The molecular formula is C12H7ClF2N2O2. The lowest BCUT2D eigenvalue weighted by Crippen LogP contribution is -2.07. The highest BCUT2D eigenvalue weighted by atomic mass is 35.5. The first-order valence-corrected chi connectivity index (χ1v) is 5.51. The zero-order chi connectivity index (χ0) is 14.0. The molecule has 19 heavy (non-hydrogen) atoms. The first-order valence-electron chi connectivity index (χ1n) is 5.13. The topological polar surface area (TPSA) is 63.1 Å². The van der Waals surface area contributed by atoms with E-state index in [-0.39, 0.29) is 5.82 Å². The molecule has 0 bridgehead atoms. The van der Waals surface area contributed by atoms with Crippen LogP contribution in [-0.4, -0.2) is 21.0 Å². The van der Waals surface area contributed by atoms with Crippen molar-refractivity contribution in [2.75, 3.05) is 0 Å². The number of carboxylic acids is 1. The Hall–Kier alpha value is -2.08. The average Bonchev–Trinajstić information content (AvgIpc) is 2.38. The third kappa shape index (κ3) is 2.85. The molecule has 0 saturated carbocycles. The van der Waals surface area contributed by atoms with Gasteiger partial charge < -0.3 is 5.11 Å². The molecule has 1 aromatic carbocycles. The summed E-state index contributed by atoms with van der Waals surface area (Å²) in [5.74, 6) is -1.46. The predicted molar refractivity (Wildman–Crippen MR) is 64.4 cm³/mol. The van der Waals surface area contributed by atoms with Crippen LogP contribution in [0, 0.1) is 0 Å². The van der Waals surface area contributed by atoms with E-state index in [9.17, 15) is 13.6 Å². The van der Waals surface area contributed by atoms with Gasteiger partial charge >= 0.3 is 5.97 Å². The van der Waals surface area contributed by atoms with Crippen LogP contribution in [0.25, 0.3) is 11.4 Å². The number of hydrogen-bond donors (Lipinski definition) is 1. The van der Waals surface area contributed by atoms with Crippen molar-refractivity contribution in [1.29, 1.82) is 0 Å². The van der Waals surface area contributed by atoms with E-state index in [1.807, 2.05) is 0 Å². The molecule has 4 nitrogen and oxygen atoms in total. The highest BCUT2D eigenvalue weighted by Crippen LogP contribution is 2.24. The highest BCUT2D eigenvalue weighted by Gasteiger charge is 2.21. The standard InChI is InChI=1S/C12H7ClF2N2O2/c13-7-3-1-6(2-4-7)11-16-5-8(12(18)19)9(17-11)10(14)15/h1-5,10H,(H,18,19). The van der Waals surface area contributed by atoms with Crippen LogP contribution < -0.4 is 0 Å². The molecule has 1 N–H and O–H groups in total. The van der Waals surface area contributed by atoms with E-state index in [1.54, 1.807) is 24.3 Å². The maximum absolute atomic E-state index is 12.8. The number of halogens is 3. The number of benzene rings is 1. The smallest absolute Gasteiger partial charge is 0.339 e. The minimum Gasteiger partial charge on any atom is -0.478 e. The highest BCUT2D eigenvalue weighted by molar-refractivity contribution is 6.30. The second kappa shape index (κ2) is 5.27.